The van der Waals surface area contributed by atoms with Crippen LogP contribution in [-0.2, 0) is 6.42 Å². The van der Waals surface area contributed by atoms with Gasteiger partial charge in [0, 0.05) is 23.5 Å². The fraction of sp³-hybridized carbons (Fsp3) is 0.0714. The molecule has 0 saturated carbocycles. The summed E-state index contributed by atoms with van der Waals surface area (Å²) in [4.78, 5) is 2.46. The maximum absolute atomic E-state index is 6.07. The Morgan fingerprint density at radius 3 is 1.73 bits per heavy atom. The highest BCUT2D eigenvalue weighted by atomic mass is 15.2. The van der Waals surface area contributed by atoms with Crippen molar-refractivity contribution < 1.29 is 0 Å². The topological polar surface area (TPSA) is 29.3 Å². The first-order chi connectivity index (χ1) is 14.8. The molecule has 2 heteroatoms. The summed E-state index contributed by atoms with van der Waals surface area (Å²) in [5, 5.41) is 0. The van der Waals surface area contributed by atoms with Gasteiger partial charge in [0.15, 0.2) is 0 Å². The second kappa shape index (κ2) is 7.92. The number of fused-ring (bicyclic) bond motifs is 1. The number of hydrogen-bond donors (Lipinski definition) is 1. The van der Waals surface area contributed by atoms with Gasteiger partial charge in [-0.1, -0.05) is 91.0 Å². The van der Waals surface area contributed by atoms with Crippen LogP contribution in [0.1, 0.15) is 22.3 Å². The van der Waals surface area contributed by atoms with Crippen molar-refractivity contribution in [2.24, 2.45) is 0 Å². The van der Waals surface area contributed by atoms with Crippen molar-refractivity contribution in [2.75, 3.05) is 17.2 Å². The van der Waals surface area contributed by atoms with Gasteiger partial charge in [0.1, 0.15) is 0 Å². The Morgan fingerprint density at radius 1 is 0.633 bits per heavy atom. The van der Waals surface area contributed by atoms with Gasteiger partial charge in [-0.05, 0) is 46.9 Å². The first-order valence-corrected chi connectivity index (χ1v) is 10.4. The molecule has 2 nitrogen and oxygen atoms in total. The van der Waals surface area contributed by atoms with Crippen molar-refractivity contribution in [1.29, 1.82) is 0 Å². The number of hydrogen-bond acceptors (Lipinski definition) is 2. The average molecular weight is 389 g/mol. The predicted molar refractivity (Wildman–Crippen MR) is 127 cm³/mol. The molecule has 0 aromatic heterocycles. The first kappa shape index (κ1) is 18.3. The van der Waals surface area contributed by atoms with Crippen LogP contribution in [0.4, 0.5) is 11.4 Å². The van der Waals surface area contributed by atoms with Gasteiger partial charge in [-0.15, -0.1) is 0 Å². The fourth-order valence-electron chi connectivity index (χ4n) is 4.33. The van der Waals surface area contributed by atoms with Crippen LogP contribution in [0.5, 0.6) is 0 Å². The summed E-state index contributed by atoms with van der Waals surface area (Å²) >= 11 is 0. The van der Waals surface area contributed by atoms with Crippen LogP contribution in [0.15, 0.2) is 109 Å². The molecule has 1 heterocycles. The van der Waals surface area contributed by atoms with E-state index in [-0.39, 0.29) is 0 Å². The Bertz CT molecular complexity index is 1140. The monoisotopic (exact) mass is 388 g/mol. The minimum absolute atomic E-state index is 0.826. The number of rotatable bonds is 4. The summed E-state index contributed by atoms with van der Waals surface area (Å²) < 4.78 is 0. The van der Waals surface area contributed by atoms with E-state index in [2.05, 4.69) is 108 Å². The van der Waals surface area contributed by atoms with Gasteiger partial charge in [0.05, 0.1) is 5.70 Å². The van der Waals surface area contributed by atoms with E-state index in [1.807, 2.05) is 6.07 Å². The summed E-state index contributed by atoms with van der Waals surface area (Å²) in [7, 11) is 0. The molecule has 146 valence electrons. The Kier molecular flexibility index (Phi) is 4.82. The zero-order chi connectivity index (χ0) is 20.3. The highest BCUT2D eigenvalue weighted by Gasteiger charge is 2.26. The standard InChI is InChI=1S/C28H24N2/c29-25-16-17-26-24(20-25)18-19-30(26)28(23-14-8-3-9-15-23)27(21-10-4-1-5-11-21)22-12-6-2-7-13-22/h1-17,20H,18-19,29H2. The van der Waals surface area contributed by atoms with E-state index in [9.17, 15) is 0 Å². The summed E-state index contributed by atoms with van der Waals surface area (Å²) in [6.45, 7) is 0.937. The zero-order valence-electron chi connectivity index (χ0n) is 16.8. The predicted octanol–water partition coefficient (Wildman–Crippen LogP) is 6.25. The van der Waals surface area contributed by atoms with E-state index in [1.54, 1.807) is 0 Å². The molecule has 0 saturated heterocycles. The van der Waals surface area contributed by atoms with E-state index in [1.165, 1.54) is 39.2 Å². The van der Waals surface area contributed by atoms with Crippen LogP contribution in [0, 0.1) is 0 Å². The molecule has 0 radical (unpaired) electrons. The van der Waals surface area contributed by atoms with Gasteiger partial charge in [-0.2, -0.15) is 0 Å². The Hall–Kier alpha value is -3.78. The molecule has 0 fully saturated rings. The summed E-state index contributed by atoms with van der Waals surface area (Å²) in [6.07, 6.45) is 0.994. The molecule has 0 aliphatic carbocycles. The molecule has 0 spiro atoms. The largest absolute Gasteiger partial charge is 0.399 e. The van der Waals surface area contributed by atoms with E-state index in [4.69, 9.17) is 5.73 Å². The molecule has 2 N–H and O–H groups in total. The maximum Gasteiger partial charge on any atom is 0.0570 e. The van der Waals surface area contributed by atoms with Gasteiger partial charge < -0.3 is 10.6 Å². The smallest absolute Gasteiger partial charge is 0.0570 e. The Morgan fingerprint density at radius 2 is 1.17 bits per heavy atom. The molecule has 1 aliphatic heterocycles. The van der Waals surface area contributed by atoms with E-state index in [0.717, 1.165) is 18.7 Å². The number of benzene rings is 4. The number of anilines is 2. The molecule has 0 amide bonds. The maximum atomic E-state index is 6.07. The minimum atomic E-state index is 0.826. The number of nitrogen functional groups attached to an aromatic ring is 1. The SMILES string of the molecule is Nc1ccc2c(c1)CCN2C(=C(c1ccccc1)c1ccccc1)c1ccccc1. The Balaban J connectivity index is 1.82. The van der Waals surface area contributed by atoms with Crippen molar-refractivity contribution in [1.82, 2.24) is 0 Å². The summed E-state index contributed by atoms with van der Waals surface area (Å²) in [6, 6.07) is 38.4. The highest BCUT2D eigenvalue weighted by molar-refractivity contribution is 6.04. The molecule has 0 bridgehead atoms. The molecule has 4 aromatic carbocycles. The highest BCUT2D eigenvalue weighted by Crippen LogP contribution is 2.41. The van der Waals surface area contributed by atoms with Crippen molar-refractivity contribution >= 4 is 22.6 Å². The van der Waals surface area contributed by atoms with Gasteiger partial charge in [-0.25, -0.2) is 0 Å². The van der Waals surface area contributed by atoms with E-state index in [0.29, 0.717) is 0 Å². The molecule has 1 aliphatic rings. The quantitative estimate of drug-likeness (QED) is 0.331. The second-order valence-corrected chi connectivity index (χ2v) is 7.61. The third kappa shape index (κ3) is 3.37. The molecule has 4 aromatic rings. The molecular formula is C28H24N2. The Labute approximate surface area is 177 Å². The minimum Gasteiger partial charge on any atom is -0.399 e. The van der Waals surface area contributed by atoms with Crippen molar-refractivity contribution in [3.05, 3.63) is 131 Å². The molecular weight excluding hydrogens is 364 g/mol. The second-order valence-electron chi connectivity index (χ2n) is 7.61. The van der Waals surface area contributed by atoms with Crippen LogP contribution in [0.2, 0.25) is 0 Å². The van der Waals surface area contributed by atoms with Crippen LogP contribution in [0.25, 0.3) is 11.3 Å². The lowest BCUT2D eigenvalue weighted by molar-refractivity contribution is 1.00. The van der Waals surface area contributed by atoms with Crippen LogP contribution >= 0.6 is 0 Å². The lowest BCUT2D eigenvalue weighted by Gasteiger charge is -2.28. The third-order valence-corrected chi connectivity index (χ3v) is 5.68. The zero-order valence-corrected chi connectivity index (χ0v) is 16.8. The van der Waals surface area contributed by atoms with Crippen LogP contribution < -0.4 is 10.6 Å². The summed E-state index contributed by atoms with van der Waals surface area (Å²) in [5.41, 5.74) is 15.6. The average Bonchev–Trinajstić information content (AvgIpc) is 3.21. The molecule has 30 heavy (non-hydrogen) atoms. The lowest BCUT2D eigenvalue weighted by atomic mass is 9.92. The van der Waals surface area contributed by atoms with Gasteiger partial charge in [0.25, 0.3) is 0 Å². The van der Waals surface area contributed by atoms with Crippen LogP contribution in [-0.4, -0.2) is 6.54 Å². The molecule has 0 unspecified atom stereocenters. The van der Waals surface area contributed by atoms with Gasteiger partial charge in [0.2, 0.25) is 0 Å². The van der Waals surface area contributed by atoms with E-state index < -0.39 is 0 Å². The normalized spacial score (nSPS) is 12.5. The van der Waals surface area contributed by atoms with E-state index >= 15 is 0 Å². The van der Waals surface area contributed by atoms with Crippen molar-refractivity contribution in [2.45, 2.75) is 6.42 Å². The number of nitrogens with two attached hydrogens (primary N) is 1. The first-order valence-electron chi connectivity index (χ1n) is 10.4. The van der Waals surface area contributed by atoms with Crippen molar-refractivity contribution in [3.8, 4) is 0 Å². The third-order valence-electron chi connectivity index (χ3n) is 5.68. The van der Waals surface area contributed by atoms with Gasteiger partial charge in [-0.3, -0.25) is 0 Å². The molecule has 5 rings (SSSR count). The molecule has 0 atom stereocenters. The summed E-state index contributed by atoms with van der Waals surface area (Å²) in [5.74, 6) is 0. The van der Waals surface area contributed by atoms with Crippen LogP contribution in [0.3, 0.4) is 0 Å². The lowest BCUT2D eigenvalue weighted by Crippen LogP contribution is -2.20. The fourth-order valence-corrected chi connectivity index (χ4v) is 4.33. The number of nitrogens with zero attached hydrogens (tertiary/aromatic N) is 1. The van der Waals surface area contributed by atoms with Gasteiger partial charge >= 0.3 is 0 Å². The van der Waals surface area contributed by atoms with Crippen molar-refractivity contribution in [3.63, 3.8) is 0 Å².